The van der Waals surface area contributed by atoms with Crippen molar-refractivity contribution >= 4 is 17.9 Å². The molecule has 0 saturated heterocycles. The summed E-state index contributed by atoms with van der Waals surface area (Å²) in [6, 6.07) is 5.94. The summed E-state index contributed by atoms with van der Waals surface area (Å²) in [6.45, 7) is 4.75. The van der Waals surface area contributed by atoms with Crippen molar-refractivity contribution < 1.29 is 55.3 Å². The third-order valence-corrected chi connectivity index (χ3v) is 6.74. The van der Waals surface area contributed by atoms with E-state index < -0.39 is 52.6 Å². The van der Waals surface area contributed by atoms with E-state index in [4.69, 9.17) is 4.74 Å². The predicted molar refractivity (Wildman–Crippen MR) is 128 cm³/mol. The van der Waals surface area contributed by atoms with Gasteiger partial charge in [-0.25, -0.2) is 14.4 Å². The number of aromatic hydroxyl groups is 1. The lowest BCUT2D eigenvalue weighted by Gasteiger charge is -2.39. The van der Waals surface area contributed by atoms with Crippen LogP contribution in [0.5, 0.6) is 11.5 Å². The van der Waals surface area contributed by atoms with E-state index in [1.54, 1.807) is 0 Å². The first-order valence-corrected chi connectivity index (χ1v) is 11.6. The van der Waals surface area contributed by atoms with Gasteiger partial charge in [-0.2, -0.15) is 26.3 Å². The van der Waals surface area contributed by atoms with E-state index in [1.807, 2.05) is 0 Å². The van der Waals surface area contributed by atoms with E-state index in [0.717, 1.165) is 18.2 Å². The third kappa shape index (κ3) is 4.37. The molecule has 0 unspecified atom stereocenters. The number of aryl methyl sites for hydroxylation is 4. The monoisotopic (exact) mass is 566 g/mol. The molecule has 3 aromatic rings. The summed E-state index contributed by atoms with van der Waals surface area (Å²) in [5, 5.41) is 10.0. The standard InChI is InChI=1S/C28H20F6O6/c1-12-7-17(8-13(2)21(12)35)26(27(29,30)31,28(32,33)34)18-9-14(3)22(15(4)10-18)39-23(36)16-5-6-19-20(11-16)25(38)40-24(19)37/h5-11,35H,1-4H3. The lowest BCUT2D eigenvalue weighted by Crippen LogP contribution is -2.55. The van der Waals surface area contributed by atoms with Gasteiger partial charge in [0, 0.05) is 0 Å². The first-order valence-electron chi connectivity index (χ1n) is 11.6. The highest BCUT2D eigenvalue weighted by Crippen LogP contribution is 2.57. The van der Waals surface area contributed by atoms with Gasteiger partial charge in [0.2, 0.25) is 5.41 Å². The first kappa shape index (κ1) is 28.7. The Morgan fingerprint density at radius 1 is 0.725 bits per heavy atom. The molecule has 1 N–H and O–H groups in total. The SMILES string of the molecule is Cc1cc(C(c2cc(C)c(OC(=O)c3ccc4c(c3)C(=O)OC4=O)c(C)c2)(C(F)(F)F)C(F)(F)F)cc(C)c1O. The van der Waals surface area contributed by atoms with E-state index in [9.17, 15) is 45.8 Å². The molecule has 0 fully saturated rings. The zero-order chi connectivity index (χ0) is 29.9. The number of esters is 3. The Kier molecular flexibility index (Phi) is 6.72. The van der Waals surface area contributed by atoms with Crippen molar-refractivity contribution in [3.63, 3.8) is 0 Å². The molecule has 0 atom stereocenters. The van der Waals surface area contributed by atoms with Crippen LogP contribution in [0.15, 0.2) is 42.5 Å². The van der Waals surface area contributed by atoms with Gasteiger partial charge in [-0.3, -0.25) is 0 Å². The second-order valence-corrected chi connectivity index (χ2v) is 9.47. The molecule has 0 aromatic heterocycles. The summed E-state index contributed by atoms with van der Waals surface area (Å²) in [5.41, 5.74) is -8.01. The van der Waals surface area contributed by atoms with Crippen LogP contribution in [-0.4, -0.2) is 35.4 Å². The number of alkyl halides is 6. The molecular weight excluding hydrogens is 546 g/mol. The first-order chi connectivity index (χ1) is 18.4. The molecule has 1 aliphatic heterocycles. The van der Waals surface area contributed by atoms with Crippen molar-refractivity contribution in [3.8, 4) is 11.5 Å². The molecule has 1 aliphatic rings. The smallest absolute Gasteiger partial charge is 0.411 e. The van der Waals surface area contributed by atoms with Crippen LogP contribution in [0, 0.1) is 27.7 Å². The molecule has 0 radical (unpaired) electrons. The van der Waals surface area contributed by atoms with E-state index >= 15 is 0 Å². The Labute approximate surface area is 223 Å². The zero-order valence-corrected chi connectivity index (χ0v) is 21.3. The van der Waals surface area contributed by atoms with Crippen LogP contribution in [-0.2, 0) is 10.2 Å². The number of ether oxygens (including phenoxy) is 2. The van der Waals surface area contributed by atoms with Crippen molar-refractivity contribution in [3.05, 3.63) is 92.5 Å². The average Bonchev–Trinajstić information content (AvgIpc) is 3.11. The predicted octanol–water partition coefficient (Wildman–Crippen LogP) is 6.57. The van der Waals surface area contributed by atoms with Gasteiger partial charge in [0.25, 0.3) is 0 Å². The number of phenolic OH excluding ortho intramolecular Hbond substituents is 1. The summed E-state index contributed by atoms with van der Waals surface area (Å²) in [5.74, 6) is -3.68. The van der Waals surface area contributed by atoms with Crippen LogP contribution in [0.25, 0.3) is 0 Å². The number of halogens is 6. The molecule has 6 nitrogen and oxygen atoms in total. The van der Waals surface area contributed by atoms with E-state index in [-0.39, 0.29) is 44.7 Å². The van der Waals surface area contributed by atoms with E-state index in [2.05, 4.69) is 4.74 Å². The maximum absolute atomic E-state index is 14.6. The maximum Gasteiger partial charge on any atom is 0.411 e. The number of carbonyl (C=O) groups is 3. The minimum atomic E-state index is -5.87. The summed E-state index contributed by atoms with van der Waals surface area (Å²) >= 11 is 0. The fourth-order valence-electron chi connectivity index (χ4n) is 4.85. The van der Waals surface area contributed by atoms with Crippen LogP contribution >= 0.6 is 0 Å². The summed E-state index contributed by atoms with van der Waals surface area (Å²) < 4.78 is 97.6. The van der Waals surface area contributed by atoms with E-state index in [1.165, 1.54) is 27.7 Å². The molecule has 0 saturated carbocycles. The Morgan fingerprint density at radius 3 is 1.65 bits per heavy atom. The fourth-order valence-corrected chi connectivity index (χ4v) is 4.85. The van der Waals surface area contributed by atoms with Crippen molar-refractivity contribution in [1.82, 2.24) is 0 Å². The van der Waals surface area contributed by atoms with Gasteiger partial charge < -0.3 is 14.6 Å². The molecule has 1 heterocycles. The molecular formula is C28H20F6O6. The lowest BCUT2D eigenvalue weighted by atomic mass is 9.71. The highest BCUT2D eigenvalue weighted by Gasteiger charge is 2.72. The van der Waals surface area contributed by atoms with E-state index in [0.29, 0.717) is 24.3 Å². The maximum atomic E-state index is 14.6. The van der Waals surface area contributed by atoms with Gasteiger partial charge in [-0.1, -0.05) is 24.3 Å². The normalized spacial score (nSPS) is 13.8. The van der Waals surface area contributed by atoms with Gasteiger partial charge >= 0.3 is 30.3 Å². The Bertz CT molecular complexity index is 1530. The molecule has 12 heteroatoms. The minimum Gasteiger partial charge on any atom is -0.507 e. The lowest BCUT2D eigenvalue weighted by molar-refractivity contribution is -0.288. The molecule has 0 aliphatic carbocycles. The second-order valence-electron chi connectivity index (χ2n) is 9.47. The number of benzene rings is 3. The van der Waals surface area contributed by atoms with Gasteiger partial charge in [0.1, 0.15) is 11.5 Å². The number of carbonyl (C=O) groups excluding carboxylic acids is 3. The topological polar surface area (TPSA) is 89.9 Å². The van der Waals surface area contributed by atoms with Crippen molar-refractivity contribution in [2.24, 2.45) is 0 Å². The molecule has 40 heavy (non-hydrogen) atoms. The van der Waals surface area contributed by atoms with Crippen LogP contribution < -0.4 is 4.74 Å². The van der Waals surface area contributed by atoms with Gasteiger partial charge in [-0.05, 0) is 79.3 Å². The van der Waals surface area contributed by atoms with Gasteiger partial charge in [-0.15, -0.1) is 0 Å². The quantitative estimate of drug-likeness (QED) is 0.166. The molecule has 0 bridgehead atoms. The minimum absolute atomic E-state index is 0.0754. The fraction of sp³-hybridized carbons (Fsp3) is 0.250. The highest BCUT2D eigenvalue weighted by atomic mass is 19.4. The third-order valence-electron chi connectivity index (χ3n) is 6.74. The number of cyclic esters (lactones) is 2. The highest BCUT2D eigenvalue weighted by molar-refractivity contribution is 6.15. The Hall–Kier alpha value is -4.35. The van der Waals surface area contributed by atoms with Crippen LogP contribution in [0.1, 0.15) is 64.5 Å². The number of phenols is 1. The summed E-state index contributed by atoms with van der Waals surface area (Å²) in [6.07, 6.45) is -11.7. The number of fused-ring (bicyclic) bond motifs is 1. The van der Waals surface area contributed by atoms with Crippen LogP contribution in [0.2, 0.25) is 0 Å². The molecule has 4 rings (SSSR count). The van der Waals surface area contributed by atoms with Crippen molar-refractivity contribution in [2.75, 3.05) is 0 Å². The van der Waals surface area contributed by atoms with Gasteiger partial charge in [0.15, 0.2) is 0 Å². The molecule has 0 amide bonds. The number of hydrogen-bond donors (Lipinski definition) is 1. The van der Waals surface area contributed by atoms with Crippen molar-refractivity contribution in [1.29, 1.82) is 0 Å². The number of hydrogen-bond acceptors (Lipinski definition) is 6. The second kappa shape index (κ2) is 9.39. The molecule has 210 valence electrons. The Morgan fingerprint density at radius 2 is 1.18 bits per heavy atom. The summed E-state index contributed by atoms with van der Waals surface area (Å²) in [4.78, 5) is 36.2. The zero-order valence-electron chi connectivity index (χ0n) is 21.3. The Balaban J connectivity index is 1.84. The van der Waals surface area contributed by atoms with Crippen molar-refractivity contribution in [2.45, 2.75) is 45.5 Å². The number of rotatable bonds is 4. The summed E-state index contributed by atoms with van der Waals surface area (Å²) in [7, 11) is 0. The van der Waals surface area contributed by atoms with Gasteiger partial charge in [0.05, 0.1) is 16.7 Å². The molecule has 0 spiro atoms. The van der Waals surface area contributed by atoms with Crippen LogP contribution in [0.3, 0.4) is 0 Å². The average molecular weight is 566 g/mol. The largest absolute Gasteiger partial charge is 0.507 e. The molecule has 3 aromatic carbocycles. The van der Waals surface area contributed by atoms with Crippen LogP contribution in [0.4, 0.5) is 26.3 Å².